The molecule has 0 spiro atoms. The van der Waals surface area contributed by atoms with Gasteiger partial charge in [-0.1, -0.05) is 12.1 Å². The second-order valence-corrected chi connectivity index (χ2v) is 8.00. The van der Waals surface area contributed by atoms with Gasteiger partial charge in [0.1, 0.15) is 11.5 Å². The van der Waals surface area contributed by atoms with E-state index in [0.717, 1.165) is 22.9 Å². The number of hydrogen-bond donors (Lipinski definition) is 2. The van der Waals surface area contributed by atoms with E-state index in [2.05, 4.69) is 21.5 Å². The van der Waals surface area contributed by atoms with Gasteiger partial charge in [0.05, 0.1) is 46.3 Å². The minimum atomic E-state index is -0.821. The van der Waals surface area contributed by atoms with Gasteiger partial charge in [0, 0.05) is 11.5 Å². The van der Waals surface area contributed by atoms with Crippen LogP contribution >= 0.6 is 0 Å². The molecule has 170 valence electrons. The zero-order valence-electron chi connectivity index (χ0n) is 18.8. The number of nitriles is 1. The van der Waals surface area contributed by atoms with Gasteiger partial charge in [-0.15, -0.1) is 0 Å². The number of nitrogens with zero attached hydrogens (tertiary/aromatic N) is 4. The standard InChI is InChI=1S/C25H21FN6O2/c1-13-8-16(4-5-17(13)11-27)12-32-15(3)23(14(2)31-32)30-25(34)20-10-22(24(28)33)29-21-9-18(26)6-7-19(20)21/h4-10H,12H2,1-3H3,(H2,28,33)(H,30,34). The number of fused-ring (bicyclic) bond motifs is 1. The number of nitrogens with two attached hydrogens (primary N) is 1. The first-order valence-electron chi connectivity index (χ1n) is 10.4. The molecule has 4 aromatic rings. The largest absolute Gasteiger partial charge is 0.364 e. The molecule has 0 saturated heterocycles. The van der Waals surface area contributed by atoms with Crippen LogP contribution in [0.25, 0.3) is 10.9 Å². The first-order chi connectivity index (χ1) is 16.2. The van der Waals surface area contributed by atoms with Gasteiger partial charge in [-0.3, -0.25) is 14.3 Å². The van der Waals surface area contributed by atoms with Crippen molar-refractivity contribution in [2.75, 3.05) is 5.32 Å². The van der Waals surface area contributed by atoms with Gasteiger partial charge >= 0.3 is 0 Å². The monoisotopic (exact) mass is 456 g/mol. The lowest BCUT2D eigenvalue weighted by molar-refractivity contribution is 0.0996. The lowest BCUT2D eigenvalue weighted by Crippen LogP contribution is -2.18. The number of amides is 2. The number of benzene rings is 2. The van der Waals surface area contributed by atoms with Crippen LogP contribution in [0.15, 0.2) is 42.5 Å². The molecule has 0 aliphatic heterocycles. The van der Waals surface area contributed by atoms with Crippen LogP contribution in [-0.2, 0) is 6.54 Å². The molecule has 4 rings (SSSR count). The average Bonchev–Trinajstić information content (AvgIpc) is 3.05. The molecule has 0 fully saturated rings. The van der Waals surface area contributed by atoms with E-state index >= 15 is 0 Å². The van der Waals surface area contributed by atoms with E-state index in [1.165, 1.54) is 18.2 Å². The molecule has 0 aliphatic carbocycles. The number of aryl methyl sites for hydroxylation is 2. The summed E-state index contributed by atoms with van der Waals surface area (Å²) in [6, 6.07) is 12.8. The van der Waals surface area contributed by atoms with Crippen molar-refractivity contribution in [2.45, 2.75) is 27.3 Å². The minimum absolute atomic E-state index is 0.136. The maximum atomic E-state index is 13.7. The Labute approximate surface area is 194 Å². The first-order valence-corrected chi connectivity index (χ1v) is 10.4. The molecule has 3 N–H and O–H groups in total. The molecular weight excluding hydrogens is 435 g/mol. The SMILES string of the molecule is Cc1cc(Cn2nc(C)c(NC(=O)c3cc(C(N)=O)nc4cc(F)ccc34)c2C)ccc1C#N. The average molecular weight is 456 g/mol. The van der Waals surface area contributed by atoms with Gasteiger partial charge in [0.25, 0.3) is 11.8 Å². The molecule has 2 aromatic heterocycles. The molecular formula is C25H21FN6O2. The van der Waals surface area contributed by atoms with Crippen LogP contribution in [0.3, 0.4) is 0 Å². The Balaban J connectivity index is 1.68. The number of carbonyl (C=O) groups is 2. The second kappa shape index (κ2) is 8.75. The van der Waals surface area contributed by atoms with E-state index in [1.807, 2.05) is 26.0 Å². The van der Waals surface area contributed by atoms with Crippen molar-refractivity contribution in [2.24, 2.45) is 5.73 Å². The Kier molecular flexibility index (Phi) is 5.82. The quantitative estimate of drug-likeness (QED) is 0.473. The number of carbonyl (C=O) groups excluding carboxylic acids is 2. The van der Waals surface area contributed by atoms with E-state index < -0.39 is 17.6 Å². The number of rotatable bonds is 5. The zero-order chi connectivity index (χ0) is 24.6. The Morgan fingerprint density at radius 3 is 2.59 bits per heavy atom. The highest BCUT2D eigenvalue weighted by atomic mass is 19.1. The summed E-state index contributed by atoms with van der Waals surface area (Å²) in [5, 5.41) is 16.9. The normalized spacial score (nSPS) is 10.8. The third-order valence-electron chi connectivity index (χ3n) is 5.63. The Morgan fingerprint density at radius 1 is 1.15 bits per heavy atom. The summed E-state index contributed by atoms with van der Waals surface area (Å²) in [6.45, 7) is 5.94. The van der Waals surface area contributed by atoms with Crippen LogP contribution in [0.2, 0.25) is 0 Å². The summed E-state index contributed by atoms with van der Waals surface area (Å²) in [5.74, 6) is -1.86. The molecule has 0 saturated carbocycles. The van der Waals surface area contributed by atoms with E-state index in [4.69, 9.17) is 11.0 Å². The fourth-order valence-electron chi connectivity index (χ4n) is 3.85. The number of nitrogens with one attached hydrogen (secondary N) is 1. The number of anilines is 1. The van der Waals surface area contributed by atoms with Crippen LogP contribution < -0.4 is 11.1 Å². The van der Waals surface area contributed by atoms with Gasteiger partial charge < -0.3 is 11.1 Å². The molecule has 0 radical (unpaired) electrons. The summed E-state index contributed by atoms with van der Waals surface area (Å²) in [6.07, 6.45) is 0. The van der Waals surface area contributed by atoms with E-state index in [9.17, 15) is 14.0 Å². The Bertz CT molecular complexity index is 1520. The molecule has 34 heavy (non-hydrogen) atoms. The molecule has 8 nitrogen and oxygen atoms in total. The van der Waals surface area contributed by atoms with Crippen molar-refractivity contribution in [3.63, 3.8) is 0 Å². The van der Waals surface area contributed by atoms with Crippen LogP contribution in [0.5, 0.6) is 0 Å². The lowest BCUT2D eigenvalue weighted by atomic mass is 10.1. The van der Waals surface area contributed by atoms with E-state index in [-0.39, 0.29) is 16.8 Å². The molecule has 9 heteroatoms. The molecule has 0 bridgehead atoms. The predicted molar refractivity (Wildman–Crippen MR) is 125 cm³/mol. The number of primary amides is 1. The second-order valence-electron chi connectivity index (χ2n) is 8.00. The first kappa shape index (κ1) is 22.6. The highest BCUT2D eigenvalue weighted by molar-refractivity contribution is 6.14. The van der Waals surface area contributed by atoms with Crippen LogP contribution in [0.1, 0.15) is 48.9 Å². The fourth-order valence-corrected chi connectivity index (χ4v) is 3.85. The van der Waals surface area contributed by atoms with Crippen LogP contribution in [0, 0.1) is 37.9 Å². The van der Waals surface area contributed by atoms with Crippen LogP contribution in [-0.4, -0.2) is 26.6 Å². The third-order valence-corrected chi connectivity index (χ3v) is 5.63. The molecule has 0 unspecified atom stereocenters. The zero-order valence-corrected chi connectivity index (χ0v) is 18.8. The molecule has 2 heterocycles. The van der Waals surface area contributed by atoms with Gasteiger partial charge in [0.15, 0.2) is 0 Å². The smallest absolute Gasteiger partial charge is 0.267 e. The number of halogens is 1. The molecule has 2 amide bonds. The highest BCUT2D eigenvalue weighted by Crippen LogP contribution is 2.25. The van der Waals surface area contributed by atoms with Crippen molar-refractivity contribution in [3.8, 4) is 6.07 Å². The summed E-state index contributed by atoms with van der Waals surface area (Å²) in [7, 11) is 0. The van der Waals surface area contributed by atoms with Gasteiger partial charge in [-0.25, -0.2) is 9.37 Å². The number of hydrogen-bond acceptors (Lipinski definition) is 5. The highest BCUT2D eigenvalue weighted by Gasteiger charge is 2.20. The van der Waals surface area contributed by atoms with Crippen LogP contribution in [0.4, 0.5) is 10.1 Å². The van der Waals surface area contributed by atoms with Crippen molar-refractivity contribution in [1.82, 2.24) is 14.8 Å². The summed E-state index contributed by atoms with van der Waals surface area (Å²) in [4.78, 5) is 29.0. The van der Waals surface area contributed by atoms with Gasteiger partial charge in [0.2, 0.25) is 0 Å². The van der Waals surface area contributed by atoms with Crippen molar-refractivity contribution in [1.29, 1.82) is 5.26 Å². The summed E-state index contributed by atoms with van der Waals surface area (Å²) < 4.78 is 15.5. The number of pyridine rings is 1. The molecule has 2 aromatic carbocycles. The third kappa shape index (κ3) is 4.21. The maximum absolute atomic E-state index is 13.7. The maximum Gasteiger partial charge on any atom is 0.267 e. The lowest BCUT2D eigenvalue weighted by Gasteiger charge is -2.11. The number of aromatic nitrogens is 3. The molecule has 0 aliphatic rings. The van der Waals surface area contributed by atoms with Crippen molar-refractivity contribution >= 4 is 28.4 Å². The van der Waals surface area contributed by atoms with E-state index in [0.29, 0.717) is 28.9 Å². The van der Waals surface area contributed by atoms with Crippen molar-refractivity contribution in [3.05, 3.63) is 87.6 Å². The topological polar surface area (TPSA) is 127 Å². The van der Waals surface area contributed by atoms with E-state index in [1.54, 1.807) is 17.7 Å². The predicted octanol–water partition coefficient (Wildman–Crippen LogP) is 3.77. The summed E-state index contributed by atoms with van der Waals surface area (Å²) in [5.41, 5.74) is 9.85. The van der Waals surface area contributed by atoms with Crippen molar-refractivity contribution < 1.29 is 14.0 Å². The Morgan fingerprint density at radius 2 is 1.91 bits per heavy atom. The van der Waals surface area contributed by atoms with Gasteiger partial charge in [-0.2, -0.15) is 10.4 Å². The fraction of sp³-hybridized carbons (Fsp3) is 0.160. The molecule has 0 atom stereocenters. The minimum Gasteiger partial charge on any atom is -0.364 e. The Hall–Kier alpha value is -4.58. The summed E-state index contributed by atoms with van der Waals surface area (Å²) >= 11 is 0. The van der Waals surface area contributed by atoms with Gasteiger partial charge in [-0.05, 0) is 56.2 Å².